The van der Waals surface area contributed by atoms with Gasteiger partial charge in [-0.1, -0.05) is 43.4 Å². The van der Waals surface area contributed by atoms with Crippen LogP contribution in [0.5, 0.6) is 5.75 Å². The van der Waals surface area contributed by atoms with Crippen molar-refractivity contribution in [3.8, 4) is 5.75 Å². The van der Waals surface area contributed by atoms with Gasteiger partial charge in [-0.05, 0) is 44.2 Å². The van der Waals surface area contributed by atoms with Crippen molar-refractivity contribution in [2.24, 2.45) is 0 Å². The molecule has 2 rings (SSSR count). The Bertz CT molecular complexity index is 845. The Labute approximate surface area is 189 Å². The summed E-state index contributed by atoms with van der Waals surface area (Å²) in [6, 6.07) is 4.87. The van der Waals surface area contributed by atoms with Gasteiger partial charge in [-0.2, -0.15) is 0 Å². The Hall–Kier alpha value is -2.90. The first-order chi connectivity index (χ1) is 15.4. The summed E-state index contributed by atoms with van der Waals surface area (Å²) in [6.07, 6.45) is 11.7. The Morgan fingerprint density at radius 2 is 2.12 bits per heavy atom. The van der Waals surface area contributed by atoms with Crippen molar-refractivity contribution in [2.75, 3.05) is 6.61 Å². The van der Waals surface area contributed by atoms with E-state index in [-0.39, 0.29) is 23.3 Å². The molecule has 1 aromatic rings. The maximum atomic E-state index is 12.7. The molecule has 174 valence electrons. The first-order valence-corrected chi connectivity index (χ1v) is 11.0. The van der Waals surface area contributed by atoms with E-state index in [4.69, 9.17) is 9.47 Å². The molecule has 0 saturated carbocycles. The van der Waals surface area contributed by atoms with Gasteiger partial charge in [0.25, 0.3) is 0 Å². The second kappa shape index (κ2) is 13.5. The predicted molar refractivity (Wildman–Crippen MR) is 122 cm³/mol. The van der Waals surface area contributed by atoms with Crippen molar-refractivity contribution in [3.05, 3.63) is 65.9 Å². The van der Waals surface area contributed by atoms with Gasteiger partial charge >= 0.3 is 5.97 Å². The van der Waals surface area contributed by atoms with E-state index in [1.165, 1.54) is 18.3 Å². The summed E-state index contributed by atoms with van der Waals surface area (Å²) in [6.45, 7) is 4.22. The Morgan fingerprint density at radius 1 is 1.31 bits per heavy atom. The summed E-state index contributed by atoms with van der Waals surface area (Å²) in [7, 11) is 0. The fourth-order valence-electron chi connectivity index (χ4n) is 3.34. The number of carbonyl (C=O) groups is 2. The molecule has 1 heterocycles. The highest BCUT2D eigenvalue weighted by molar-refractivity contribution is 5.94. The van der Waals surface area contributed by atoms with E-state index in [2.05, 4.69) is 5.32 Å². The monoisotopic (exact) mass is 443 g/mol. The number of allylic oxidation sites excluding steroid dienone is 3. The Morgan fingerprint density at radius 3 is 2.88 bits per heavy atom. The lowest BCUT2D eigenvalue weighted by molar-refractivity contribution is -0.115. The van der Waals surface area contributed by atoms with Gasteiger partial charge in [0.1, 0.15) is 17.4 Å². The summed E-state index contributed by atoms with van der Waals surface area (Å²) in [4.78, 5) is 24.4. The van der Waals surface area contributed by atoms with Crippen LogP contribution in [0.1, 0.15) is 55.5 Å². The molecule has 32 heavy (non-hydrogen) atoms. The lowest BCUT2D eigenvalue weighted by atomic mass is 9.96. The number of carbonyl (C=O) groups excluding carboxylic acids is 2. The molecule has 0 aromatic heterocycles. The lowest BCUT2D eigenvalue weighted by Crippen LogP contribution is -2.31. The van der Waals surface area contributed by atoms with Crippen LogP contribution in [0.4, 0.5) is 0 Å². The molecule has 1 fully saturated rings. The summed E-state index contributed by atoms with van der Waals surface area (Å²) < 4.78 is 11.2. The van der Waals surface area contributed by atoms with Gasteiger partial charge in [0.05, 0.1) is 12.2 Å². The van der Waals surface area contributed by atoms with Crippen LogP contribution in [-0.2, 0) is 20.7 Å². The SMILES string of the molecule is CC/C=C\C=C/C(=O)N/C=C/CC(C)OC(=O)c1c(O)cccc1CC1CC(O)CCO1. The van der Waals surface area contributed by atoms with Crippen LogP contribution in [-0.4, -0.2) is 47.0 Å². The van der Waals surface area contributed by atoms with Gasteiger partial charge in [0.2, 0.25) is 5.91 Å². The number of benzene rings is 1. The van der Waals surface area contributed by atoms with Gasteiger partial charge < -0.3 is 25.0 Å². The normalized spacial score (nSPS) is 20.1. The number of hydrogen-bond acceptors (Lipinski definition) is 6. The number of ether oxygens (including phenoxy) is 2. The van der Waals surface area contributed by atoms with Crippen molar-refractivity contribution in [2.45, 2.75) is 64.3 Å². The van der Waals surface area contributed by atoms with Crippen molar-refractivity contribution >= 4 is 11.9 Å². The molecule has 3 unspecified atom stereocenters. The van der Waals surface area contributed by atoms with Crippen molar-refractivity contribution in [1.29, 1.82) is 0 Å². The van der Waals surface area contributed by atoms with E-state index in [1.54, 1.807) is 37.3 Å². The quantitative estimate of drug-likeness (QED) is 0.290. The molecule has 1 aromatic carbocycles. The number of rotatable bonds is 10. The van der Waals surface area contributed by atoms with Gasteiger partial charge in [0.15, 0.2) is 0 Å². The Kier molecular flexibility index (Phi) is 10.7. The van der Waals surface area contributed by atoms with Crippen LogP contribution in [0.15, 0.2) is 54.8 Å². The van der Waals surface area contributed by atoms with Crippen LogP contribution in [0, 0.1) is 0 Å². The van der Waals surface area contributed by atoms with E-state index >= 15 is 0 Å². The van der Waals surface area contributed by atoms with Crippen LogP contribution < -0.4 is 5.32 Å². The molecule has 0 aliphatic carbocycles. The lowest BCUT2D eigenvalue weighted by Gasteiger charge is -2.27. The highest BCUT2D eigenvalue weighted by atomic mass is 16.5. The third-order valence-corrected chi connectivity index (χ3v) is 4.97. The van der Waals surface area contributed by atoms with E-state index in [0.29, 0.717) is 37.9 Å². The molecule has 1 aliphatic rings. The predicted octanol–water partition coefficient (Wildman–Crippen LogP) is 3.56. The minimum atomic E-state index is -0.620. The van der Waals surface area contributed by atoms with E-state index in [1.807, 2.05) is 13.0 Å². The van der Waals surface area contributed by atoms with Gasteiger partial charge in [0, 0.05) is 25.3 Å². The number of esters is 1. The zero-order valence-electron chi connectivity index (χ0n) is 18.7. The van der Waals surface area contributed by atoms with Crippen molar-refractivity contribution < 1.29 is 29.3 Å². The highest BCUT2D eigenvalue weighted by Gasteiger charge is 2.25. The minimum Gasteiger partial charge on any atom is -0.507 e. The topological polar surface area (TPSA) is 105 Å². The standard InChI is InChI=1S/C25H33NO6/c1-3-4-5-6-12-23(29)26-14-8-9-18(2)32-25(30)24-19(10-7-11-22(24)28)16-21-17-20(27)13-15-31-21/h4-8,10-12,14,18,20-21,27-28H,3,9,13,15-17H2,1-2H3,(H,26,29)/b5-4-,12-6-,14-8+. The zero-order chi connectivity index (χ0) is 23.3. The number of hydrogen-bond donors (Lipinski definition) is 3. The molecule has 1 aliphatic heterocycles. The fourth-order valence-corrected chi connectivity index (χ4v) is 3.34. The first-order valence-electron chi connectivity index (χ1n) is 11.0. The summed E-state index contributed by atoms with van der Waals surface area (Å²) in [5, 5.41) is 22.7. The second-order valence-electron chi connectivity index (χ2n) is 7.74. The molecule has 0 bridgehead atoms. The number of aromatic hydroxyl groups is 1. The van der Waals surface area contributed by atoms with Gasteiger partial charge in [-0.25, -0.2) is 4.79 Å². The van der Waals surface area contributed by atoms with E-state index in [0.717, 1.165) is 6.42 Å². The van der Waals surface area contributed by atoms with Crippen LogP contribution >= 0.6 is 0 Å². The number of aliphatic hydroxyl groups excluding tert-OH is 1. The van der Waals surface area contributed by atoms with Crippen molar-refractivity contribution in [1.82, 2.24) is 5.32 Å². The number of nitrogens with one attached hydrogen (secondary N) is 1. The zero-order valence-corrected chi connectivity index (χ0v) is 18.7. The summed E-state index contributed by atoms with van der Waals surface area (Å²) in [5.41, 5.74) is 0.735. The first kappa shape index (κ1) is 25.4. The molecule has 1 amide bonds. The average molecular weight is 444 g/mol. The Balaban J connectivity index is 1.89. The van der Waals surface area contributed by atoms with Crippen LogP contribution in [0.2, 0.25) is 0 Å². The maximum absolute atomic E-state index is 12.7. The molecule has 7 heteroatoms. The largest absolute Gasteiger partial charge is 0.507 e. The summed E-state index contributed by atoms with van der Waals surface area (Å²) >= 11 is 0. The number of phenolic OH excluding ortho intramolecular Hbond substituents is 1. The molecule has 0 spiro atoms. The fraction of sp³-hybridized carbons (Fsp3) is 0.440. The third kappa shape index (κ3) is 8.69. The van der Waals surface area contributed by atoms with Gasteiger partial charge in [-0.15, -0.1) is 0 Å². The molecular weight excluding hydrogens is 410 g/mol. The smallest absolute Gasteiger partial charge is 0.342 e. The van der Waals surface area contributed by atoms with Crippen LogP contribution in [0.25, 0.3) is 0 Å². The molecule has 7 nitrogen and oxygen atoms in total. The van der Waals surface area contributed by atoms with Gasteiger partial charge in [-0.3, -0.25) is 4.79 Å². The number of aliphatic hydroxyl groups is 1. The average Bonchev–Trinajstić information content (AvgIpc) is 2.74. The molecule has 0 radical (unpaired) electrons. The van der Waals surface area contributed by atoms with E-state index < -0.39 is 18.2 Å². The van der Waals surface area contributed by atoms with Crippen molar-refractivity contribution in [3.63, 3.8) is 0 Å². The third-order valence-electron chi connectivity index (χ3n) is 4.97. The number of phenols is 1. The maximum Gasteiger partial charge on any atom is 0.342 e. The number of amides is 1. The molecule has 3 atom stereocenters. The highest BCUT2D eigenvalue weighted by Crippen LogP contribution is 2.26. The molecular formula is C25H33NO6. The summed E-state index contributed by atoms with van der Waals surface area (Å²) in [5.74, 6) is -1.02. The molecule has 1 saturated heterocycles. The minimum absolute atomic E-state index is 0.116. The second-order valence-corrected chi connectivity index (χ2v) is 7.74. The van der Waals surface area contributed by atoms with Crippen LogP contribution in [0.3, 0.4) is 0 Å². The molecule has 3 N–H and O–H groups in total. The van der Waals surface area contributed by atoms with E-state index in [9.17, 15) is 19.8 Å².